The molecule has 0 radical (unpaired) electrons. The highest BCUT2D eigenvalue weighted by atomic mass is 127. The van der Waals surface area contributed by atoms with Gasteiger partial charge in [-0.2, -0.15) is 5.10 Å². The van der Waals surface area contributed by atoms with E-state index in [1.54, 1.807) is 11.7 Å². The van der Waals surface area contributed by atoms with Crippen LogP contribution in [0.15, 0.2) is 40.5 Å². The molecule has 0 aliphatic rings. The van der Waals surface area contributed by atoms with Crippen molar-refractivity contribution in [3.05, 3.63) is 42.2 Å². The monoisotopic (exact) mass is 510 g/mol. The zero-order valence-electron chi connectivity index (χ0n) is 15.5. The highest BCUT2D eigenvalue weighted by Gasteiger charge is 2.18. The number of aromatic nitrogens is 3. The van der Waals surface area contributed by atoms with Crippen molar-refractivity contribution in [2.24, 2.45) is 12.0 Å². The first-order valence-corrected chi connectivity index (χ1v) is 9.80. The predicted octanol–water partition coefficient (Wildman–Crippen LogP) is 1.44. The normalized spacial score (nSPS) is 11.8. The molecule has 0 unspecified atom stereocenters. The summed E-state index contributed by atoms with van der Waals surface area (Å²) in [5.74, 6) is 0.264. The molecule has 11 heteroatoms. The number of halogens is 2. The highest BCUT2D eigenvalue weighted by Crippen LogP contribution is 2.15. The fraction of sp³-hybridized carbons (Fsp3) is 0.438. The first-order chi connectivity index (χ1) is 12.3. The number of hydrogen-bond donors (Lipinski definition) is 1. The number of hydrogen-bond acceptors (Lipinski definition) is 5. The molecule has 1 N–H and O–H groups in total. The molecule has 2 rings (SSSR count). The highest BCUT2D eigenvalue weighted by molar-refractivity contribution is 14.0. The van der Waals surface area contributed by atoms with Gasteiger partial charge in [-0.3, -0.25) is 9.67 Å². The van der Waals surface area contributed by atoms with Gasteiger partial charge in [-0.1, -0.05) is 12.1 Å². The van der Waals surface area contributed by atoms with Gasteiger partial charge in [-0.15, -0.1) is 24.0 Å². The van der Waals surface area contributed by atoms with Crippen LogP contribution >= 0.6 is 24.0 Å². The van der Waals surface area contributed by atoms with Gasteiger partial charge in [0.15, 0.2) is 15.8 Å². The lowest BCUT2D eigenvalue weighted by Gasteiger charge is -2.21. The first kappa shape index (κ1) is 23.3. The van der Waals surface area contributed by atoms with E-state index in [0.717, 1.165) is 11.9 Å². The van der Waals surface area contributed by atoms with Crippen LogP contribution in [0.2, 0.25) is 0 Å². The van der Waals surface area contributed by atoms with E-state index in [4.69, 9.17) is 0 Å². The average Bonchev–Trinajstić information content (AvgIpc) is 2.99. The van der Waals surface area contributed by atoms with Gasteiger partial charge in [0.1, 0.15) is 22.9 Å². The maximum absolute atomic E-state index is 13.7. The summed E-state index contributed by atoms with van der Waals surface area (Å²) in [4.78, 5) is 10.0. The van der Waals surface area contributed by atoms with Gasteiger partial charge < -0.3 is 10.2 Å². The Hall–Kier alpha value is -1.76. The first-order valence-electron chi connectivity index (χ1n) is 8.14. The van der Waals surface area contributed by atoms with Crippen LogP contribution in [0.4, 0.5) is 4.39 Å². The number of sulfone groups is 1. The second kappa shape index (κ2) is 10.5. The maximum Gasteiger partial charge on any atom is 0.194 e. The Morgan fingerprint density at radius 3 is 2.67 bits per heavy atom. The number of aryl methyl sites for hydroxylation is 1. The minimum atomic E-state index is -3.74. The quantitative estimate of drug-likeness (QED) is 0.345. The van der Waals surface area contributed by atoms with E-state index in [1.165, 1.54) is 24.5 Å². The molecule has 0 amide bonds. The molecular formula is C16H24FIN6O2S. The molecule has 0 saturated heterocycles. The number of rotatable bonds is 7. The van der Waals surface area contributed by atoms with Crippen LogP contribution in [0.1, 0.15) is 12.7 Å². The Kier molecular flexibility index (Phi) is 9.09. The summed E-state index contributed by atoms with van der Waals surface area (Å²) >= 11 is 0. The lowest BCUT2D eigenvalue weighted by atomic mass is 10.3. The molecule has 150 valence electrons. The largest absolute Gasteiger partial charge is 0.357 e. The molecule has 8 nitrogen and oxygen atoms in total. The van der Waals surface area contributed by atoms with Gasteiger partial charge in [-0.05, 0) is 19.1 Å². The second-order valence-electron chi connectivity index (χ2n) is 5.64. The molecule has 1 heterocycles. The number of nitrogens with one attached hydrogen (secondary N) is 1. The maximum atomic E-state index is 13.7. The fourth-order valence-corrected chi connectivity index (χ4v) is 3.50. The summed E-state index contributed by atoms with van der Waals surface area (Å²) in [6, 6.07) is 5.35. The van der Waals surface area contributed by atoms with Gasteiger partial charge in [0.25, 0.3) is 0 Å². The molecule has 2 aromatic rings. The van der Waals surface area contributed by atoms with Crippen molar-refractivity contribution in [3.63, 3.8) is 0 Å². The van der Waals surface area contributed by atoms with Crippen molar-refractivity contribution in [1.29, 1.82) is 0 Å². The third-order valence-electron chi connectivity index (χ3n) is 3.67. The van der Waals surface area contributed by atoms with E-state index in [1.807, 2.05) is 18.9 Å². The van der Waals surface area contributed by atoms with Crippen LogP contribution < -0.4 is 5.32 Å². The van der Waals surface area contributed by atoms with Gasteiger partial charge in [0, 0.05) is 20.6 Å². The third-order valence-corrected chi connectivity index (χ3v) is 5.39. The Morgan fingerprint density at radius 2 is 2.07 bits per heavy atom. The number of aliphatic imine (C=N–C) groups is 1. The lowest BCUT2D eigenvalue weighted by Crippen LogP contribution is -2.39. The standard InChI is InChI=1S/C16H23FN6O2S.HI/c1-4-18-16(22(2)11-15-20-12-21-23(15)3)19-9-10-26(24,25)14-8-6-5-7-13(14)17;/h5-8,12H,4,9-11H2,1-3H3,(H,18,19);1H. The summed E-state index contributed by atoms with van der Waals surface area (Å²) in [6.45, 7) is 3.02. The summed E-state index contributed by atoms with van der Waals surface area (Å²) in [5, 5.41) is 7.12. The molecule has 0 atom stereocenters. The topological polar surface area (TPSA) is 92.5 Å². The van der Waals surface area contributed by atoms with Crippen LogP contribution in [0.5, 0.6) is 0 Å². The van der Waals surface area contributed by atoms with E-state index in [-0.39, 0.29) is 41.2 Å². The van der Waals surface area contributed by atoms with E-state index < -0.39 is 15.7 Å². The Bertz CT molecular complexity index is 871. The van der Waals surface area contributed by atoms with Crippen molar-refractivity contribution in [2.75, 3.05) is 25.9 Å². The minimum Gasteiger partial charge on any atom is -0.357 e. The molecular weight excluding hydrogens is 486 g/mol. The molecule has 0 aliphatic heterocycles. The molecule has 0 spiro atoms. The summed E-state index contributed by atoms with van der Waals surface area (Å²) in [6.07, 6.45) is 1.47. The second-order valence-corrected chi connectivity index (χ2v) is 7.72. The van der Waals surface area contributed by atoms with Gasteiger partial charge in [0.05, 0.1) is 18.8 Å². The molecule has 27 heavy (non-hydrogen) atoms. The van der Waals surface area contributed by atoms with Crippen molar-refractivity contribution in [3.8, 4) is 0 Å². The molecule has 0 saturated carbocycles. The van der Waals surface area contributed by atoms with E-state index in [2.05, 4.69) is 20.4 Å². The van der Waals surface area contributed by atoms with Crippen molar-refractivity contribution in [2.45, 2.75) is 18.4 Å². The molecule has 1 aromatic carbocycles. The summed E-state index contributed by atoms with van der Waals surface area (Å²) in [7, 11) is -0.125. The average molecular weight is 510 g/mol. The third kappa shape index (κ3) is 6.41. The summed E-state index contributed by atoms with van der Waals surface area (Å²) in [5.41, 5.74) is 0. The minimum absolute atomic E-state index is 0. The van der Waals surface area contributed by atoms with Crippen LogP contribution in [0.3, 0.4) is 0 Å². The van der Waals surface area contributed by atoms with Gasteiger partial charge >= 0.3 is 0 Å². The predicted molar refractivity (Wildman–Crippen MR) is 112 cm³/mol. The van der Waals surface area contributed by atoms with Crippen molar-refractivity contribution in [1.82, 2.24) is 25.0 Å². The smallest absolute Gasteiger partial charge is 0.194 e. The van der Waals surface area contributed by atoms with Crippen LogP contribution in [-0.2, 0) is 23.4 Å². The lowest BCUT2D eigenvalue weighted by molar-refractivity contribution is 0.449. The van der Waals surface area contributed by atoms with Crippen molar-refractivity contribution >= 4 is 39.8 Å². The summed E-state index contributed by atoms with van der Waals surface area (Å²) < 4.78 is 40.0. The van der Waals surface area contributed by atoms with Crippen LogP contribution in [0.25, 0.3) is 0 Å². The molecule has 1 aromatic heterocycles. The number of benzene rings is 1. The van der Waals surface area contributed by atoms with E-state index in [0.29, 0.717) is 19.0 Å². The SMILES string of the molecule is CCNC(=NCCS(=O)(=O)c1ccccc1F)N(C)Cc1ncnn1C.I. The molecule has 0 bridgehead atoms. The van der Waals surface area contributed by atoms with Crippen LogP contribution in [-0.4, -0.2) is 59.9 Å². The molecule has 0 fully saturated rings. The Morgan fingerprint density at radius 1 is 1.37 bits per heavy atom. The van der Waals surface area contributed by atoms with Crippen molar-refractivity contribution < 1.29 is 12.8 Å². The van der Waals surface area contributed by atoms with E-state index >= 15 is 0 Å². The van der Waals surface area contributed by atoms with Gasteiger partial charge in [0.2, 0.25) is 0 Å². The number of guanidine groups is 1. The number of nitrogens with zero attached hydrogens (tertiary/aromatic N) is 5. The Labute approximate surface area is 175 Å². The fourth-order valence-electron chi connectivity index (χ4n) is 2.30. The van der Waals surface area contributed by atoms with Gasteiger partial charge in [-0.25, -0.2) is 17.8 Å². The molecule has 0 aliphatic carbocycles. The zero-order valence-corrected chi connectivity index (χ0v) is 18.6. The van der Waals surface area contributed by atoms with Crippen LogP contribution in [0, 0.1) is 5.82 Å². The zero-order chi connectivity index (χ0) is 19.2. The van der Waals surface area contributed by atoms with E-state index in [9.17, 15) is 12.8 Å². The Balaban J connectivity index is 0.00000364.